The molecule has 0 bridgehead atoms. The third kappa shape index (κ3) is 5.64. The molecule has 3 atom stereocenters. The summed E-state index contributed by atoms with van der Waals surface area (Å²) in [5, 5.41) is 8.03. The summed E-state index contributed by atoms with van der Waals surface area (Å²) in [7, 11) is -4.85. The Hall–Kier alpha value is -3.79. The maximum atomic E-state index is 14.2. The van der Waals surface area contributed by atoms with Crippen molar-refractivity contribution in [3.05, 3.63) is 53.7 Å². The molecular weight excluding hydrogens is 613 g/mol. The Balaban J connectivity index is 1.48. The summed E-state index contributed by atoms with van der Waals surface area (Å²) in [6.07, 6.45) is -1.47. The Kier molecular flexibility index (Phi) is 7.41. The molecule has 17 heteroatoms. The Morgan fingerprint density at radius 2 is 1.64 bits per heavy atom. The summed E-state index contributed by atoms with van der Waals surface area (Å²) in [4.78, 5) is 40.3. The van der Waals surface area contributed by atoms with Crippen molar-refractivity contribution in [3.8, 4) is 22.6 Å². The van der Waals surface area contributed by atoms with E-state index >= 15 is 0 Å². The van der Waals surface area contributed by atoms with Crippen LogP contribution in [0.5, 0.6) is 0 Å². The number of sulfone groups is 1. The number of hydrogen-bond acceptors (Lipinski definition) is 8. The van der Waals surface area contributed by atoms with Crippen molar-refractivity contribution in [2.75, 3.05) is 13.1 Å². The molecule has 1 aliphatic carbocycles. The van der Waals surface area contributed by atoms with Gasteiger partial charge in [0.15, 0.2) is 9.84 Å². The largest absolute Gasteiger partial charge is 0.481 e. The van der Waals surface area contributed by atoms with E-state index in [2.05, 4.69) is 19.9 Å². The second-order valence-corrected chi connectivity index (χ2v) is 12.5. The highest BCUT2D eigenvalue weighted by molar-refractivity contribution is 7.92. The molecule has 222 valence electrons. The molecule has 1 saturated heterocycles. The Bertz CT molecular complexity index is 1660. The number of carbonyl (C=O) groups excluding carboxylic acids is 1. The minimum atomic E-state index is -5.16. The molecular formula is C25H19ClF5N5O5S. The van der Waals surface area contributed by atoms with Crippen LogP contribution in [0.2, 0.25) is 5.15 Å². The second-order valence-electron chi connectivity index (χ2n) is 9.96. The molecule has 3 aromatic rings. The van der Waals surface area contributed by atoms with Gasteiger partial charge in [-0.25, -0.2) is 32.2 Å². The van der Waals surface area contributed by atoms with Gasteiger partial charge in [0.1, 0.15) is 16.5 Å². The lowest BCUT2D eigenvalue weighted by molar-refractivity contribution is -0.172. The molecule has 3 heterocycles. The van der Waals surface area contributed by atoms with Gasteiger partial charge in [0.2, 0.25) is 5.91 Å². The highest BCUT2D eigenvalue weighted by Crippen LogP contribution is 2.44. The van der Waals surface area contributed by atoms with Crippen molar-refractivity contribution in [1.29, 1.82) is 0 Å². The molecule has 42 heavy (non-hydrogen) atoms. The summed E-state index contributed by atoms with van der Waals surface area (Å²) in [6.45, 7) is -1.89. The lowest BCUT2D eigenvalue weighted by Crippen LogP contribution is -2.60. The fraction of sp³-hybridized carbons (Fsp3) is 0.360. The van der Waals surface area contributed by atoms with Crippen LogP contribution in [-0.2, 0) is 25.6 Å². The SMILES string of the molecule is O=C(O)[C@@H]1C[C@H](S(=O)(=O)c2ccc(-c3cncc(-c4cnc(Cl)cn4)n3)cc2C(F)(F)F)C[C@H]1C(=O)N1CC(F)(F)C1. The van der Waals surface area contributed by atoms with Gasteiger partial charge in [0.05, 0.1) is 71.1 Å². The van der Waals surface area contributed by atoms with E-state index in [1.165, 1.54) is 24.8 Å². The highest BCUT2D eigenvalue weighted by atomic mass is 35.5. The van der Waals surface area contributed by atoms with Gasteiger partial charge < -0.3 is 10.0 Å². The number of amides is 1. The maximum absolute atomic E-state index is 14.2. The summed E-state index contributed by atoms with van der Waals surface area (Å²) in [6, 6.07) is 2.42. The molecule has 10 nitrogen and oxygen atoms in total. The van der Waals surface area contributed by atoms with Gasteiger partial charge in [-0.05, 0) is 25.0 Å². The van der Waals surface area contributed by atoms with Gasteiger partial charge in [-0.15, -0.1) is 0 Å². The second kappa shape index (κ2) is 10.5. The van der Waals surface area contributed by atoms with Crippen LogP contribution >= 0.6 is 11.6 Å². The average molecular weight is 632 g/mol. The normalized spacial score (nSPS) is 22.0. The first-order valence-electron chi connectivity index (χ1n) is 12.2. The molecule has 1 amide bonds. The van der Waals surface area contributed by atoms with E-state index < -0.39 is 87.3 Å². The predicted octanol–water partition coefficient (Wildman–Crippen LogP) is 4.00. The molecule has 1 aromatic carbocycles. The standard InChI is InChI=1S/C25H19ClF5N5O5S/c26-21-9-33-18(8-34-21)19-7-32-6-17(35-19)12-1-2-20(16(3-12)25(29,30)31)42(40,41)13-4-14(15(5-13)23(38)39)22(37)36-10-24(27,28)11-36/h1-3,6-9,13-15H,4-5,10-11H2,(H,38,39)/t13-,14-,15-/m1/s1. The average Bonchev–Trinajstić information content (AvgIpc) is 3.38. The van der Waals surface area contributed by atoms with Crippen LogP contribution < -0.4 is 0 Å². The minimum Gasteiger partial charge on any atom is -0.481 e. The van der Waals surface area contributed by atoms with E-state index in [4.69, 9.17) is 11.6 Å². The number of carboxylic acids is 1. The molecule has 2 aromatic heterocycles. The summed E-state index contributed by atoms with van der Waals surface area (Å²) >= 11 is 5.72. The first kappa shape index (κ1) is 29.7. The molecule has 1 saturated carbocycles. The summed E-state index contributed by atoms with van der Waals surface area (Å²) < 4.78 is 96.3. The number of aliphatic carboxylic acids is 1. The molecule has 1 N–H and O–H groups in total. The van der Waals surface area contributed by atoms with Gasteiger partial charge in [-0.2, -0.15) is 13.2 Å². The summed E-state index contributed by atoms with van der Waals surface area (Å²) in [5.74, 6) is -8.72. The number of carbonyl (C=O) groups is 2. The van der Waals surface area contributed by atoms with Gasteiger partial charge in [0, 0.05) is 5.56 Å². The van der Waals surface area contributed by atoms with Crippen molar-refractivity contribution < 1.29 is 45.1 Å². The van der Waals surface area contributed by atoms with Crippen molar-refractivity contribution >= 4 is 33.3 Å². The van der Waals surface area contributed by atoms with Crippen molar-refractivity contribution in [2.24, 2.45) is 11.8 Å². The molecule has 2 fully saturated rings. The number of likely N-dealkylation sites (tertiary alicyclic amines) is 1. The first-order chi connectivity index (χ1) is 19.6. The number of halogens is 6. The lowest BCUT2D eigenvalue weighted by Gasteiger charge is -2.40. The van der Waals surface area contributed by atoms with E-state index in [-0.39, 0.29) is 27.8 Å². The fourth-order valence-corrected chi connectivity index (χ4v) is 7.22. The van der Waals surface area contributed by atoms with Crippen LogP contribution in [0.4, 0.5) is 22.0 Å². The van der Waals surface area contributed by atoms with Crippen LogP contribution in [0, 0.1) is 11.8 Å². The van der Waals surface area contributed by atoms with Crippen LogP contribution in [0.15, 0.2) is 47.9 Å². The van der Waals surface area contributed by atoms with Crippen LogP contribution in [0.1, 0.15) is 18.4 Å². The number of rotatable bonds is 6. The van der Waals surface area contributed by atoms with Crippen LogP contribution in [0.3, 0.4) is 0 Å². The van der Waals surface area contributed by atoms with Crippen LogP contribution in [0.25, 0.3) is 22.6 Å². The monoisotopic (exact) mass is 631 g/mol. The number of aromatic nitrogens is 4. The predicted molar refractivity (Wildman–Crippen MR) is 135 cm³/mol. The fourth-order valence-electron chi connectivity index (χ4n) is 5.10. The Morgan fingerprint density at radius 3 is 2.24 bits per heavy atom. The molecule has 0 spiro atoms. The van der Waals surface area contributed by atoms with E-state index in [0.717, 1.165) is 17.0 Å². The van der Waals surface area contributed by atoms with Crippen molar-refractivity contribution in [1.82, 2.24) is 24.8 Å². The van der Waals surface area contributed by atoms with Crippen LogP contribution in [-0.4, -0.2) is 74.5 Å². The third-order valence-electron chi connectivity index (χ3n) is 7.15. The molecule has 2 aliphatic rings. The number of nitrogens with zero attached hydrogens (tertiary/aromatic N) is 5. The molecule has 5 rings (SSSR count). The topological polar surface area (TPSA) is 143 Å². The molecule has 1 aliphatic heterocycles. The van der Waals surface area contributed by atoms with Gasteiger partial charge in [-0.1, -0.05) is 17.7 Å². The zero-order chi connectivity index (χ0) is 30.6. The number of benzene rings is 1. The minimum absolute atomic E-state index is 0.0393. The quantitative estimate of drug-likeness (QED) is 0.399. The zero-order valence-electron chi connectivity index (χ0n) is 21.1. The smallest absolute Gasteiger partial charge is 0.417 e. The van der Waals surface area contributed by atoms with E-state index in [0.29, 0.717) is 6.07 Å². The van der Waals surface area contributed by atoms with E-state index in [1.54, 1.807) is 0 Å². The molecule has 0 radical (unpaired) electrons. The number of alkyl halides is 5. The zero-order valence-corrected chi connectivity index (χ0v) is 22.7. The maximum Gasteiger partial charge on any atom is 0.417 e. The van der Waals surface area contributed by atoms with E-state index in [1.807, 2.05) is 0 Å². The van der Waals surface area contributed by atoms with Crippen molar-refractivity contribution in [2.45, 2.75) is 35.1 Å². The van der Waals surface area contributed by atoms with Gasteiger partial charge in [-0.3, -0.25) is 14.6 Å². The van der Waals surface area contributed by atoms with Gasteiger partial charge in [0.25, 0.3) is 5.92 Å². The Morgan fingerprint density at radius 1 is 0.976 bits per heavy atom. The molecule has 0 unspecified atom stereocenters. The number of hydrogen-bond donors (Lipinski definition) is 1. The van der Waals surface area contributed by atoms with Gasteiger partial charge >= 0.3 is 12.1 Å². The highest BCUT2D eigenvalue weighted by Gasteiger charge is 2.54. The summed E-state index contributed by atoms with van der Waals surface area (Å²) in [5.41, 5.74) is -1.31. The Labute approximate surface area is 239 Å². The first-order valence-corrected chi connectivity index (χ1v) is 14.1. The third-order valence-corrected chi connectivity index (χ3v) is 9.58. The van der Waals surface area contributed by atoms with E-state index in [9.17, 15) is 45.1 Å². The number of carboxylic acid groups (broad SMARTS) is 1. The van der Waals surface area contributed by atoms with Crippen molar-refractivity contribution in [3.63, 3.8) is 0 Å². The lowest BCUT2D eigenvalue weighted by atomic mass is 9.93.